The van der Waals surface area contributed by atoms with E-state index in [0.29, 0.717) is 72.7 Å². The quantitative estimate of drug-likeness (QED) is 0.143. The number of hydrogen-bond acceptors (Lipinski definition) is 13. The number of aliphatic carboxylic acids is 1. The lowest BCUT2D eigenvalue weighted by Gasteiger charge is -2.37. The number of alkyl carbamates (subject to hydrolysis) is 1. The number of methoxy groups -OCH3 is 1. The third kappa shape index (κ3) is 10.8. The number of pyridine rings is 1. The van der Waals surface area contributed by atoms with Crippen molar-refractivity contribution in [2.45, 2.75) is 128 Å². The number of anilines is 1. The summed E-state index contributed by atoms with van der Waals surface area (Å²) in [6.07, 6.45) is 10.3. The van der Waals surface area contributed by atoms with E-state index in [0.717, 1.165) is 35.5 Å². The number of amides is 3. The van der Waals surface area contributed by atoms with Gasteiger partial charge in [0.2, 0.25) is 11.8 Å². The first kappa shape index (κ1) is 47.7. The van der Waals surface area contributed by atoms with Gasteiger partial charge in [0.15, 0.2) is 10.9 Å². The highest BCUT2D eigenvalue weighted by Crippen LogP contribution is 2.46. The third-order valence-corrected chi connectivity index (χ3v) is 14.2. The van der Waals surface area contributed by atoms with E-state index in [1.165, 1.54) is 16.2 Å². The van der Waals surface area contributed by atoms with Crippen molar-refractivity contribution in [1.29, 1.82) is 0 Å². The molecule has 17 heteroatoms. The molecular formula is C50H63N7O9S. The molecule has 2 aromatic heterocycles. The van der Waals surface area contributed by atoms with Crippen LogP contribution < -0.4 is 25.4 Å². The topological polar surface area (TPSA) is 202 Å². The Kier molecular flexibility index (Phi) is 14.1. The number of ketones is 1. The van der Waals surface area contributed by atoms with Gasteiger partial charge in [-0.25, -0.2) is 19.6 Å². The monoisotopic (exact) mass is 937 g/mol. The third-order valence-electron chi connectivity index (χ3n) is 13.4. The fourth-order valence-electron chi connectivity index (χ4n) is 9.46. The van der Waals surface area contributed by atoms with Crippen molar-refractivity contribution < 1.29 is 43.3 Å². The van der Waals surface area contributed by atoms with E-state index in [-0.39, 0.29) is 43.6 Å². The van der Waals surface area contributed by atoms with Crippen molar-refractivity contribution in [2.75, 3.05) is 38.6 Å². The molecule has 1 unspecified atom stereocenters. The number of carbonyl (C=O) groups is 5. The smallest absolute Gasteiger partial charge is 0.408 e. The maximum Gasteiger partial charge on any atom is 0.408 e. The molecule has 3 amide bonds. The minimum absolute atomic E-state index is 0.0205. The van der Waals surface area contributed by atoms with Crippen molar-refractivity contribution in [3.63, 3.8) is 0 Å². The Bertz CT molecular complexity index is 2490. The number of nitrogens with one attached hydrogen (secondary N) is 3. The van der Waals surface area contributed by atoms with E-state index in [2.05, 4.69) is 20.9 Å². The summed E-state index contributed by atoms with van der Waals surface area (Å²) in [6.45, 7) is 11.6. The molecule has 5 aliphatic rings. The number of ether oxygens (including phenoxy) is 3. The molecule has 3 aromatic rings. The Morgan fingerprint density at radius 1 is 1.07 bits per heavy atom. The molecule has 358 valence electrons. The molecule has 0 bridgehead atoms. The standard InChI is InChI=1S/C50H63N7O9S/c1-29(2)51-47-53-39(28-67-47)38-23-42(34-18-17-32(64-6)21-37(34)52-38)65-33-22-40-44(59)55-50(46(61)62)24-31(50)14-10-8-7-9-11-15-36(45(60)57(40)25-33)54-48(63)66-43(49(3,4)5)27-56-20-19-30-13-12-16-41(58)35(30)26-56/h10,12-14,17-18,21,23,28-29,31,33,36,40,43H,7-9,11,15-16,19-20,22,24-27H2,1-6H3,(H,51,53)(H,54,63)(H,55,59)(H,61,62)/t31?,33-,36+,40+,43-,50-/m1/s1. The lowest BCUT2D eigenvalue weighted by molar-refractivity contribution is -0.145. The van der Waals surface area contributed by atoms with Gasteiger partial charge in [-0.2, -0.15) is 0 Å². The van der Waals surface area contributed by atoms with Gasteiger partial charge in [-0.05, 0) is 63.7 Å². The number of rotatable bonds is 11. The number of carbonyl (C=O) groups excluding carboxylic acids is 4. The summed E-state index contributed by atoms with van der Waals surface area (Å²) in [4.78, 5) is 82.4. The second-order valence-electron chi connectivity index (χ2n) is 19.8. The summed E-state index contributed by atoms with van der Waals surface area (Å²) in [7, 11) is 1.58. The highest BCUT2D eigenvalue weighted by Gasteiger charge is 2.61. The van der Waals surface area contributed by atoms with Crippen LogP contribution in [0.2, 0.25) is 0 Å². The summed E-state index contributed by atoms with van der Waals surface area (Å²) in [5, 5.41) is 22.8. The molecule has 8 rings (SSSR count). The van der Waals surface area contributed by atoms with Gasteiger partial charge in [-0.3, -0.25) is 19.3 Å². The van der Waals surface area contributed by atoms with Crippen LogP contribution in [0.1, 0.15) is 92.4 Å². The fraction of sp³-hybridized carbons (Fsp3) is 0.540. The number of thiazole rings is 1. The predicted molar refractivity (Wildman–Crippen MR) is 255 cm³/mol. The van der Waals surface area contributed by atoms with Gasteiger partial charge in [-0.1, -0.05) is 57.9 Å². The van der Waals surface area contributed by atoms with E-state index in [1.54, 1.807) is 19.2 Å². The molecule has 1 saturated heterocycles. The molecule has 2 fully saturated rings. The Morgan fingerprint density at radius 2 is 1.90 bits per heavy atom. The number of carboxylic acid groups (broad SMARTS) is 1. The number of fused-ring (bicyclic) bond motifs is 3. The van der Waals surface area contributed by atoms with Crippen LogP contribution in [0.4, 0.5) is 9.93 Å². The summed E-state index contributed by atoms with van der Waals surface area (Å²) in [5.74, 6) is -1.44. The van der Waals surface area contributed by atoms with Crippen LogP contribution >= 0.6 is 11.3 Å². The molecule has 6 atom stereocenters. The minimum Gasteiger partial charge on any atom is -0.497 e. The van der Waals surface area contributed by atoms with Crippen molar-refractivity contribution in [3.8, 4) is 22.9 Å². The molecule has 1 saturated carbocycles. The van der Waals surface area contributed by atoms with Crippen LogP contribution in [0.3, 0.4) is 0 Å². The molecule has 0 spiro atoms. The number of nitrogens with zero attached hydrogens (tertiary/aromatic N) is 4. The lowest BCUT2D eigenvalue weighted by Crippen LogP contribution is -2.56. The van der Waals surface area contributed by atoms with Crippen molar-refractivity contribution in [2.24, 2.45) is 11.3 Å². The van der Waals surface area contributed by atoms with Gasteiger partial charge < -0.3 is 40.2 Å². The Morgan fingerprint density at radius 3 is 2.66 bits per heavy atom. The Hall–Kier alpha value is -5.81. The van der Waals surface area contributed by atoms with E-state index in [1.807, 2.05) is 76.4 Å². The zero-order chi connectivity index (χ0) is 47.6. The van der Waals surface area contributed by atoms with E-state index < -0.39 is 59.1 Å². The number of allylic oxidation sites excluding steroid dienone is 3. The van der Waals surface area contributed by atoms with Crippen LogP contribution in [-0.2, 0) is 23.9 Å². The van der Waals surface area contributed by atoms with Crippen LogP contribution in [-0.4, -0.2) is 124 Å². The van der Waals surface area contributed by atoms with Crippen molar-refractivity contribution in [3.05, 3.63) is 65.1 Å². The molecule has 3 aliphatic heterocycles. The van der Waals surface area contributed by atoms with Crippen LogP contribution in [0.15, 0.2) is 65.1 Å². The summed E-state index contributed by atoms with van der Waals surface area (Å²) in [6, 6.07) is 5.27. The van der Waals surface area contributed by atoms with Crippen LogP contribution in [0.5, 0.6) is 11.5 Å². The number of hydrogen-bond donors (Lipinski definition) is 4. The largest absolute Gasteiger partial charge is 0.497 e. The molecular weight excluding hydrogens is 875 g/mol. The first-order chi connectivity index (χ1) is 32.0. The zero-order valence-corrected chi connectivity index (χ0v) is 40.1. The first-order valence-electron chi connectivity index (χ1n) is 23.5. The molecule has 16 nitrogen and oxygen atoms in total. The fourth-order valence-corrected chi connectivity index (χ4v) is 10.3. The average Bonchev–Trinajstić information content (AvgIpc) is 3.54. The van der Waals surface area contributed by atoms with Crippen molar-refractivity contribution in [1.82, 2.24) is 30.4 Å². The van der Waals surface area contributed by atoms with E-state index in [4.69, 9.17) is 24.2 Å². The van der Waals surface area contributed by atoms with Gasteiger partial charge in [0, 0.05) is 78.3 Å². The van der Waals surface area contributed by atoms with E-state index >= 15 is 4.79 Å². The zero-order valence-electron chi connectivity index (χ0n) is 39.3. The summed E-state index contributed by atoms with van der Waals surface area (Å²) >= 11 is 1.46. The van der Waals surface area contributed by atoms with Crippen molar-refractivity contribution >= 4 is 57.0 Å². The Labute approximate surface area is 395 Å². The van der Waals surface area contributed by atoms with Crippen LogP contribution in [0, 0.1) is 11.3 Å². The van der Waals surface area contributed by atoms with E-state index in [9.17, 15) is 24.3 Å². The highest BCUT2D eigenvalue weighted by molar-refractivity contribution is 7.14. The molecule has 4 N–H and O–H groups in total. The first-order valence-corrected chi connectivity index (χ1v) is 24.4. The van der Waals surface area contributed by atoms with Gasteiger partial charge in [0.25, 0.3) is 0 Å². The normalized spacial score (nSPS) is 25.4. The highest BCUT2D eigenvalue weighted by atomic mass is 32.1. The second kappa shape index (κ2) is 19.8. The molecule has 67 heavy (non-hydrogen) atoms. The number of benzene rings is 1. The Balaban J connectivity index is 1.07. The number of carboxylic acids is 1. The van der Waals surface area contributed by atoms with Gasteiger partial charge in [-0.15, -0.1) is 11.3 Å². The van der Waals surface area contributed by atoms with Gasteiger partial charge in [0.05, 0.1) is 24.9 Å². The minimum atomic E-state index is -1.50. The molecule has 0 radical (unpaired) electrons. The number of Topliss-reactive ketones (excluding diaryl/α,β-unsaturated/α-hetero) is 1. The average molecular weight is 938 g/mol. The lowest BCUT2D eigenvalue weighted by atomic mass is 9.87. The summed E-state index contributed by atoms with van der Waals surface area (Å²) < 4.78 is 18.5. The predicted octanol–water partition coefficient (Wildman–Crippen LogP) is 7.06. The molecule has 1 aromatic carbocycles. The molecule has 2 aliphatic carbocycles. The second-order valence-corrected chi connectivity index (χ2v) is 20.7. The van der Waals surface area contributed by atoms with Gasteiger partial charge in [0.1, 0.15) is 47.0 Å². The number of aromatic nitrogens is 2. The van der Waals surface area contributed by atoms with Gasteiger partial charge >= 0.3 is 12.1 Å². The maximum absolute atomic E-state index is 15.0. The summed E-state index contributed by atoms with van der Waals surface area (Å²) in [5.41, 5.74) is 1.68. The SMILES string of the molecule is COc1ccc2c(O[C@@H]3C[C@H]4C(=O)N[C@]5(C(=O)O)CC5C=CCCCCC[C@H](NC(=O)O[C@H](CN5CCC6=C(C5)C(=O)CC=C6)C(C)(C)C)C(=O)N4C3)cc(-c3csc(NC(C)C)n3)nc2c1. The maximum atomic E-state index is 15.0. The van der Waals surface area contributed by atoms with Crippen LogP contribution in [0.25, 0.3) is 22.3 Å². The molecule has 5 heterocycles.